The average molecular weight is 380 g/mol. The molecule has 0 spiro atoms. The highest BCUT2D eigenvalue weighted by Crippen LogP contribution is 2.16. The van der Waals surface area contributed by atoms with E-state index in [4.69, 9.17) is 4.74 Å². The summed E-state index contributed by atoms with van der Waals surface area (Å²) in [7, 11) is 0. The highest BCUT2D eigenvalue weighted by atomic mass is 16.5. The topological polar surface area (TPSA) is 39.2 Å². The molecule has 0 aliphatic heterocycles. The molecule has 2 rings (SSSR count). The molecule has 1 aromatic heterocycles. The number of ether oxygens (including phenoxy) is 1. The smallest absolute Gasteiger partial charge is 0.337 e. The molecule has 0 bridgehead atoms. The first-order valence-electron chi connectivity index (χ1n) is 10.6. The highest BCUT2D eigenvalue weighted by Gasteiger charge is 2.05. The lowest BCUT2D eigenvalue weighted by atomic mass is 10.0. The van der Waals surface area contributed by atoms with Crippen molar-refractivity contribution in [3.05, 3.63) is 71.9 Å². The van der Waals surface area contributed by atoms with Gasteiger partial charge in [-0.3, -0.25) is 0 Å². The van der Waals surface area contributed by atoms with Crippen LogP contribution in [0.25, 0.3) is 0 Å². The lowest BCUT2D eigenvalue weighted by Crippen LogP contribution is -2.06. The third-order valence-corrected chi connectivity index (χ3v) is 4.92. The van der Waals surface area contributed by atoms with Crippen LogP contribution < -0.4 is 4.74 Å². The first-order valence-corrected chi connectivity index (χ1v) is 10.6. The predicted molar refractivity (Wildman–Crippen MR) is 116 cm³/mol. The van der Waals surface area contributed by atoms with Crippen molar-refractivity contribution >= 4 is 5.97 Å². The first kappa shape index (κ1) is 21.9. The minimum atomic E-state index is -0.393. The van der Waals surface area contributed by atoms with Gasteiger partial charge >= 0.3 is 5.97 Å². The lowest BCUT2D eigenvalue weighted by Gasteiger charge is -2.06. The number of unbranched alkanes of at least 4 members (excludes halogenated alkanes) is 6. The number of allylic oxidation sites excluding steroid dienone is 1. The maximum absolute atomic E-state index is 12.0. The van der Waals surface area contributed by atoms with E-state index in [0.29, 0.717) is 5.88 Å². The van der Waals surface area contributed by atoms with Crippen LogP contribution in [0.15, 0.2) is 60.8 Å². The van der Waals surface area contributed by atoms with Gasteiger partial charge in [-0.2, -0.15) is 0 Å². The molecule has 150 valence electrons. The Hall–Kier alpha value is -2.42. The summed E-state index contributed by atoms with van der Waals surface area (Å²) >= 11 is 0. The van der Waals surface area contributed by atoms with Crippen molar-refractivity contribution in [2.45, 2.75) is 71.1 Å². The highest BCUT2D eigenvalue weighted by molar-refractivity contribution is 5.83. The molecular formula is C25H33NO2. The van der Waals surface area contributed by atoms with Gasteiger partial charge < -0.3 is 4.74 Å². The standard InChI is InChI=1S/C25H33NO2/c1-3-4-5-6-7-8-10-13-22-17-18-24(26-20-22)28-25(27)19-16-21(2)23-14-11-9-12-15-23/h9,11-12,14-21H,3-8,10,13H2,1-2H3/b19-16+. The van der Waals surface area contributed by atoms with Gasteiger partial charge in [-0.05, 0) is 29.9 Å². The Labute approximate surface area is 169 Å². The van der Waals surface area contributed by atoms with Gasteiger partial charge in [0.15, 0.2) is 0 Å². The molecule has 2 aromatic rings. The Morgan fingerprint density at radius 3 is 2.39 bits per heavy atom. The van der Waals surface area contributed by atoms with E-state index in [1.54, 1.807) is 6.07 Å². The molecule has 1 aromatic carbocycles. The molecule has 0 radical (unpaired) electrons. The summed E-state index contributed by atoms with van der Waals surface area (Å²) in [6, 6.07) is 13.9. The Morgan fingerprint density at radius 2 is 1.71 bits per heavy atom. The Kier molecular flexibility index (Phi) is 10.1. The molecule has 28 heavy (non-hydrogen) atoms. The molecule has 0 N–H and O–H groups in total. The molecule has 0 aliphatic carbocycles. The van der Waals surface area contributed by atoms with Crippen molar-refractivity contribution < 1.29 is 9.53 Å². The number of hydrogen-bond acceptors (Lipinski definition) is 3. The average Bonchev–Trinajstić information content (AvgIpc) is 2.73. The molecule has 0 saturated carbocycles. The zero-order chi connectivity index (χ0) is 20.0. The van der Waals surface area contributed by atoms with Crippen molar-refractivity contribution in [1.29, 1.82) is 0 Å². The Bertz CT molecular complexity index is 707. The summed E-state index contributed by atoms with van der Waals surface area (Å²) in [4.78, 5) is 16.3. The molecule has 3 heteroatoms. The van der Waals surface area contributed by atoms with Gasteiger partial charge in [-0.1, -0.05) is 94.8 Å². The van der Waals surface area contributed by atoms with Gasteiger partial charge in [0.2, 0.25) is 5.88 Å². The molecule has 0 saturated heterocycles. The number of carbonyl (C=O) groups excluding carboxylic acids is 1. The number of hydrogen-bond donors (Lipinski definition) is 0. The lowest BCUT2D eigenvalue weighted by molar-refractivity contribution is -0.129. The van der Waals surface area contributed by atoms with Crippen molar-refractivity contribution in [3.8, 4) is 5.88 Å². The Balaban J connectivity index is 1.70. The second kappa shape index (κ2) is 12.9. The minimum Gasteiger partial charge on any atom is -0.404 e. The second-order valence-corrected chi connectivity index (χ2v) is 7.36. The summed E-state index contributed by atoms with van der Waals surface area (Å²) in [6.07, 6.45) is 15.3. The van der Waals surface area contributed by atoms with E-state index in [-0.39, 0.29) is 5.92 Å². The fraction of sp³-hybridized carbons (Fsp3) is 0.440. The number of rotatable bonds is 12. The third kappa shape index (κ3) is 8.51. The van der Waals surface area contributed by atoms with E-state index in [9.17, 15) is 4.79 Å². The predicted octanol–water partition coefficient (Wildman–Crippen LogP) is 6.64. The normalized spacial score (nSPS) is 12.2. The summed E-state index contributed by atoms with van der Waals surface area (Å²) in [6.45, 7) is 4.30. The second-order valence-electron chi connectivity index (χ2n) is 7.36. The van der Waals surface area contributed by atoms with E-state index in [0.717, 1.165) is 6.42 Å². The van der Waals surface area contributed by atoms with E-state index in [1.807, 2.05) is 48.7 Å². The maximum Gasteiger partial charge on any atom is 0.337 e. The van der Waals surface area contributed by atoms with Crippen molar-refractivity contribution in [2.24, 2.45) is 0 Å². The van der Waals surface area contributed by atoms with E-state index in [2.05, 4.69) is 18.8 Å². The van der Waals surface area contributed by atoms with Gasteiger partial charge in [0.05, 0.1) is 0 Å². The van der Waals surface area contributed by atoms with Gasteiger partial charge in [-0.15, -0.1) is 0 Å². The number of esters is 1. The maximum atomic E-state index is 12.0. The SMILES string of the molecule is CCCCCCCCCc1ccc(OC(=O)/C=C/C(C)c2ccccc2)nc1. The number of nitrogens with zero attached hydrogens (tertiary/aromatic N) is 1. The van der Waals surface area contributed by atoms with Crippen LogP contribution in [0.3, 0.4) is 0 Å². The number of carbonyl (C=O) groups is 1. The minimum absolute atomic E-state index is 0.158. The van der Waals surface area contributed by atoms with E-state index < -0.39 is 5.97 Å². The molecule has 3 nitrogen and oxygen atoms in total. The largest absolute Gasteiger partial charge is 0.404 e. The van der Waals surface area contributed by atoms with Crippen LogP contribution in [0.5, 0.6) is 5.88 Å². The summed E-state index contributed by atoms with van der Waals surface area (Å²) in [5, 5.41) is 0. The summed E-state index contributed by atoms with van der Waals surface area (Å²) < 4.78 is 5.30. The van der Waals surface area contributed by atoms with Crippen LogP contribution in [0.4, 0.5) is 0 Å². The van der Waals surface area contributed by atoms with Crippen molar-refractivity contribution in [2.75, 3.05) is 0 Å². The zero-order valence-corrected chi connectivity index (χ0v) is 17.3. The van der Waals surface area contributed by atoms with Crippen LogP contribution in [0, 0.1) is 0 Å². The zero-order valence-electron chi connectivity index (χ0n) is 17.3. The number of benzene rings is 1. The van der Waals surface area contributed by atoms with E-state index in [1.165, 1.54) is 62.1 Å². The first-order chi connectivity index (χ1) is 13.7. The Morgan fingerprint density at radius 1 is 1.00 bits per heavy atom. The van der Waals surface area contributed by atoms with Crippen LogP contribution in [-0.4, -0.2) is 11.0 Å². The van der Waals surface area contributed by atoms with E-state index >= 15 is 0 Å². The molecule has 0 aliphatic rings. The fourth-order valence-corrected chi connectivity index (χ4v) is 3.13. The summed E-state index contributed by atoms with van der Waals surface area (Å²) in [5.41, 5.74) is 2.36. The van der Waals surface area contributed by atoms with Crippen LogP contribution in [-0.2, 0) is 11.2 Å². The van der Waals surface area contributed by atoms with Crippen LogP contribution >= 0.6 is 0 Å². The quantitative estimate of drug-likeness (QED) is 0.236. The van der Waals surface area contributed by atoms with Crippen LogP contribution in [0.1, 0.15) is 75.8 Å². The van der Waals surface area contributed by atoms with Crippen molar-refractivity contribution in [3.63, 3.8) is 0 Å². The molecule has 0 amide bonds. The fourth-order valence-electron chi connectivity index (χ4n) is 3.13. The van der Waals surface area contributed by atoms with Crippen LogP contribution in [0.2, 0.25) is 0 Å². The number of aryl methyl sites for hydroxylation is 1. The molecule has 0 fully saturated rings. The van der Waals surface area contributed by atoms with Gasteiger partial charge in [0.1, 0.15) is 0 Å². The molecular weight excluding hydrogens is 346 g/mol. The number of aromatic nitrogens is 1. The van der Waals surface area contributed by atoms with Gasteiger partial charge in [0, 0.05) is 18.3 Å². The monoisotopic (exact) mass is 379 g/mol. The molecule has 1 atom stereocenters. The molecule has 1 heterocycles. The number of pyridine rings is 1. The van der Waals surface area contributed by atoms with Crippen molar-refractivity contribution in [1.82, 2.24) is 4.98 Å². The van der Waals surface area contributed by atoms with Gasteiger partial charge in [-0.25, -0.2) is 9.78 Å². The summed E-state index contributed by atoms with van der Waals surface area (Å²) in [5.74, 6) is 0.117. The molecule has 1 unspecified atom stereocenters. The van der Waals surface area contributed by atoms with Gasteiger partial charge in [0.25, 0.3) is 0 Å². The third-order valence-electron chi connectivity index (χ3n) is 4.92.